The summed E-state index contributed by atoms with van der Waals surface area (Å²) >= 11 is 1.76. The molecule has 1 rings (SSSR count). The predicted octanol–water partition coefficient (Wildman–Crippen LogP) is 1.14. The molecule has 0 saturated heterocycles. The van der Waals surface area contributed by atoms with Gasteiger partial charge in [0.2, 0.25) is 5.91 Å². The first kappa shape index (κ1) is 23.0. The summed E-state index contributed by atoms with van der Waals surface area (Å²) in [5.74, 6) is 1.64. The van der Waals surface area contributed by atoms with Gasteiger partial charge < -0.3 is 15.5 Å². The number of thioether (sulfide) groups is 1. The van der Waals surface area contributed by atoms with E-state index in [0.717, 1.165) is 29.2 Å². The number of aromatic nitrogens is 2. The Bertz CT molecular complexity index is 558. The first-order valence-corrected chi connectivity index (χ1v) is 8.96. The number of halogens is 1. The van der Waals surface area contributed by atoms with Crippen molar-refractivity contribution in [2.45, 2.75) is 20.4 Å². The van der Waals surface area contributed by atoms with Gasteiger partial charge in [-0.3, -0.25) is 9.48 Å². The number of amides is 1. The fraction of sp³-hybridized carbons (Fsp3) is 0.667. The van der Waals surface area contributed by atoms with Gasteiger partial charge >= 0.3 is 0 Å². The van der Waals surface area contributed by atoms with Crippen molar-refractivity contribution < 1.29 is 4.79 Å². The maximum Gasteiger partial charge on any atom is 0.241 e. The van der Waals surface area contributed by atoms with Crippen LogP contribution in [0.25, 0.3) is 0 Å². The molecule has 138 valence electrons. The van der Waals surface area contributed by atoms with E-state index in [-0.39, 0.29) is 36.4 Å². The van der Waals surface area contributed by atoms with E-state index in [4.69, 9.17) is 0 Å². The Labute approximate surface area is 166 Å². The number of rotatable bonds is 7. The minimum atomic E-state index is 0. The summed E-state index contributed by atoms with van der Waals surface area (Å²) in [5.41, 5.74) is 3.22. The maximum atomic E-state index is 11.7. The number of guanidine groups is 1. The number of hydrogen-bond donors (Lipinski definition) is 2. The molecule has 0 spiro atoms. The van der Waals surface area contributed by atoms with Gasteiger partial charge in [0.05, 0.1) is 18.8 Å². The highest BCUT2D eigenvalue weighted by Crippen LogP contribution is 2.12. The Morgan fingerprint density at radius 2 is 2.00 bits per heavy atom. The number of likely N-dealkylation sites (N-methyl/N-ethyl adjacent to an activating group) is 1. The summed E-state index contributed by atoms with van der Waals surface area (Å²) in [7, 11) is 5.41. The van der Waals surface area contributed by atoms with Crippen LogP contribution in [0.5, 0.6) is 0 Å². The zero-order valence-corrected chi connectivity index (χ0v) is 18.5. The lowest BCUT2D eigenvalue weighted by atomic mass is 10.2. The fourth-order valence-electron chi connectivity index (χ4n) is 1.97. The minimum Gasteiger partial charge on any atom is -0.356 e. The Morgan fingerprint density at radius 1 is 1.33 bits per heavy atom. The molecule has 7 nitrogen and oxygen atoms in total. The van der Waals surface area contributed by atoms with E-state index in [9.17, 15) is 4.79 Å². The lowest BCUT2D eigenvalue weighted by Gasteiger charge is -2.14. The molecule has 0 aliphatic carbocycles. The molecule has 0 unspecified atom stereocenters. The minimum absolute atomic E-state index is 0. The number of carbonyl (C=O) groups excluding carboxylic acids is 1. The molecule has 0 fully saturated rings. The van der Waals surface area contributed by atoms with E-state index in [1.54, 1.807) is 30.8 Å². The largest absolute Gasteiger partial charge is 0.356 e. The number of aryl methyl sites for hydroxylation is 2. The van der Waals surface area contributed by atoms with Gasteiger partial charge in [-0.05, 0) is 20.1 Å². The second-order valence-electron chi connectivity index (χ2n) is 5.50. The van der Waals surface area contributed by atoms with E-state index < -0.39 is 0 Å². The van der Waals surface area contributed by atoms with Gasteiger partial charge in [0.15, 0.2) is 5.96 Å². The monoisotopic (exact) mass is 468 g/mol. The summed E-state index contributed by atoms with van der Waals surface area (Å²) in [6.45, 7) is 5.59. The Hall–Kier alpha value is -0.970. The molecule has 0 aliphatic heterocycles. The maximum absolute atomic E-state index is 11.7. The van der Waals surface area contributed by atoms with Crippen LogP contribution < -0.4 is 10.6 Å². The van der Waals surface area contributed by atoms with Crippen LogP contribution in [-0.4, -0.2) is 65.7 Å². The molecule has 9 heteroatoms. The van der Waals surface area contributed by atoms with Gasteiger partial charge in [0.25, 0.3) is 0 Å². The molecule has 0 atom stereocenters. The van der Waals surface area contributed by atoms with Crippen LogP contribution in [0.15, 0.2) is 4.99 Å². The third-order valence-corrected chi connectivity index (χ3v) is 4.17. The van der Waals surface area contributed by atoms with E-state index >= 15 is 0 Å². The summed E-state index contributed by atoms with van der Waals surface area (Å²) in [4.78, 5) is 17.9. The zero-order valence-electron chi connectivity index (χ0n) is 15.3. The van der Waals surface area contributed by atoms with Crippen molar-refractivity contribution in [3.63, 3.8) is 0 Å². The highest BCUT2D eigenvalue weighted by molar-refractivity contribution is 14.0. The average Bonchev–Trinajstić information content (AvgIpc) is 2.74. The Morgan fingerprint density at radius 3 is 2.50 bits per heavy atom. The SMILES string of the molecule is CSCCNC(=NCc1c(C)nn(C)c1C)NCC(=O)N(C)C.I. The molecule has 1 amide bonds. The van der Waals surface area contributed by atoms with Crippen LogP contribution in [-0.2, 0) is 18.4 Å². The van der Waals surface area contributed by atoms with Crippen molar-refractivity contribution in [2.24, 2.45) is 12.0 Å². The number of hydrogen-bond acceptors (Lipinski definition) is 4. The number of carbonyl (C=O) groups is 1. The second-order valence-corrected chi connectivity index (χ2v) is 6.48. The van der Waals surface area contributed by atoms with Crippen molar-refractivity contribution in [1.29, 1.82) is 0 Å². The Kier molecular flexibility index (Phi) is 11.1. The van der Waals surface area contributed by atoms with Crippen molar-refractivity contribution in [3.05, 3.63) is 17.0 Å². The molecule has 0 bridgehead atoms. The van der Waals surface area contributed by atoms with Crippen LogP contribution in [0.4, 0.5) is 0 Å². The van der Waals surface area contributed by atoms with E-state index in [1.165, 1.54) is 0 Å². The van der Waals surface area contributed by atoms with Crippen LogP contribution >= 0.6 is 35.7 Å². The van der Waals surface area contributed by atoms with Gasteiger partial charge in [-0.25, -0.2) is 4.99 Å². The summed E-state index contributed by atoms with van der Waals surface area (Å²) in [5, 5.41) is 10.7. The molecule has 2 N–H and O–H groups in total. The van der Waals surface area contributed by atoms with Crippen molar-refractivity contribution in [1.82, 2.24) is 25.3 Å². The smallest absolute Gasteiger partial charge is 0.241 e. The number of nitrogens with zero attached hydrogens (tertiary/aromatic N) is 4. The molecule has 1 aromatic rings. The third kappa shape index (κ3) is 7.29. The first-order chi connectivity index (χ1) is 10.9. The molecule has 0 aromatic carbocycles. The van der Waals surface area contributed by atoms with E-state index in [2.05, 4.69) is 27.0 Å². The van der Waals surface area contributed by atoms with E-state index in [1.807, 2.05) is 25.6 Å². The molecule has 0 radical (unpaired) electrons. The van der Waals surface area contributed by atoms with Crippen LogP contribution in [0.1, 0.15) is 17.0 Å². The lowest BCUT2D eigenvalue weighted by molar-refractivity contribution is -0.127. The standard InChI is InChI=1S/C15H28N6OS.HI/c1-11-13(12(2)21(5)19-11)9-17-15(16-7-8-23-6)18-10-14(22)20(3)4;/h7-10H2,1-6H3,(H2,16,17,18);1H. The molecular weight excluding hydrogens is 439 g/mol. The highest BCUT2D eigenvalue weighted by Gasteiger charge is 2.10. The number of nitrogens with one attached hydrogen (secondary N) is 2. The van der Waals surface area contributed by atoms with Crippen LogP contribution in [0.2, 0.25) is 0 Å². The summed E-state index contributed by atoms with van der Waals surface area (Å²) in [6, 6.07) is 0. The third-order valence-electron chi connectivity index (χ3n) is 3.56. The predicted molar refractivity (Wildman–Crippen MR) is 112 cm³/mol. The Balaban J connectivity index is 0.00000529. The van der Waals surface area contributed by atoms with Crippen molar-refractivity contribution >= 4 is 47.6 Å². The topological polar surface area (TPSA) is 74.5 Å². The molecule has 24 heavy (non-hydrogen) atoms. The highest BCUT2D eigenvalue weighted by atomic mass is 127. The molecule has 0 aliphatic rings. The summed E-state index contributed by atoms with van der Waals surface area (Å²) < 4.78 is 1.87. The quantitative estimate of drug-likeness (QED) is 0.272. The van der Waals surface area contributed by atoms with Gasteiger partial charge in [-0.15, -0.1) is 24.0 Å². The van der Waals surface area contributed by atoms with Crippen LogP contribution in [0.3, 0.4) is 0 Å². The molecule has 1 heterocycles. The van der Waals surface area contributed by atoms with Crippen molar-refractivity contribution in [2.75, 3.05) is 39.2 Å². The average molecular weight is 468 g/mol. The van der Waals surface area contributed by atoms with Crippen LogP contribution in [0, 0.1) is 13.8 Å². The van der Waals surface area contributed by atoms with Gasteiger partial charge in [-0.2, -0.15) is 16.9 Å². The first-order valence-electron chi connectivity index (χ1n) is 7.57. The van der Waals surface area contributed by atoms with Gasteiger partial charge in [0.1, 0.15) is 0 Å². The van der Waals surface area contributed by atoms with Gasteiger partial charge in [0, 0.05) is 44.7 Å². The number of aliphatic imine (C=N–C) groups is 1. The fourth-order valence-corrected chi connectivity index (χ4v) is 2.27. The molecule has 1 aromatic heterocycles. The summed E-state index contributed by atoms with van der Waals surface area (Å²) in [6.07, 6.45) is 2.06. The molecular formula is C15H29IN6OS. The zero-order chi connectivity index (χ0) is 17.4. The second kappa shape index (κ2) is 11.6. The van der Waals surface area contributed by atoms with Crippen molar-refractivity contribution in [3.8, 4) is 0 Å². The molecule has 0 saturated carbocycles. The van der Waals surface area contributed by atoms with E-state index in [0.29, 0.717) is 12.5 Å². The normalized spacial score (nSPS) is 11.0. The van der Waals surface area contributed by atoms with Gasteiger partial charge in [-0.1, -0.05) is 0 Å². The lowest BCUT2D eigenvalue weighted by Crippen LogP contribution is -2.43.